The molecule has 8 heteroatoms. The van der Waals surface area contributed by atoms with Crippen molar-refractivity contribution in [2.24, 2.45) is 0 Å². The summed E-state index contributed by atoms with van der Waals surface area (Å²) in [6.07, 6.45) is 1.80. The van der Waals surface area contributed by atoms with Crippen LogP contribution in [-0.4, -0.2) is 28.8 Å². The van der Waals surface area contributed by atoms with Gasteiger partial charge in [0.05, 0.1) is 16.0 Å². The zero-order chi connectivity index (χ0) is 20.3. The van der Waals surface area contributed by atoms with Crippen LogP contribution in [0.15, 0.2) is 45.8 Å². The standard InChI is InChI=1S/C20H17BrClNO3S2/c1-3-25-16-9-13(10-17-19(24)23(2)20(27)28-17)8-15(21)18(16)26-11-12-4-6-14(22)7-5-12/h4-10H,3,11H2,1-2H3/b17-10+. The van der Waals surface area contributed by atoms with E-state index in [2.05, 4.69) is 15.9 Å². The SMILES string of the molecule is CCOc1cc(/C=C2/SC(=S)N(C)C2=O)cc(Br)c1OCc1ccc(Cl)cc1. The van der Waals surface area contributed by atoms with Crippen molar-refractivity contribution in [1.82, 2.24) is 4.90 Å². The van der Waals surface area contributed by atoms with Crippen molar-refractivity contribution < 1.29 is 14.3 Å². The minimum Gasteiger partial charge on any atom is -0.490 e. The predicted molar refractivity (Wildman–Crippen MR) is 122 cm³/mol. The minimum absolute atomic E-state index is 0.104. The largest absolute Gasteiger partial charge is 0.490 e. The molecule has 1 heterocycles. The van der Waals surface area contributed by atoms with Crippen LogP contribution >= 0.6 is 51.5 Å². The van der Waals surface area contributed by atoms with Crippen LogP contribution in [-0.2, 0) is 11.4 Å². The molecule has 2 aromatic carbocycles. The van der Waals surface area contributed by atoms with Crippen LogP contribution in [0.1, 0.15) is 18.1 Å². The first kappa shape index (κ1) is 21.2. The summed E-state index contributed by atoms with van der Waals surface area (Å²) in [6.45, 7) is 2.78. The molecule has 0 saturated carbocycles. The lowest BCUT2D eigenvalue weighted by atomic mass is 10.1. The van der Waals surface area contributed by atoms with E-state index in [1.54, 1.807) is 13.1 Å². The fourth-order valence-corrected chi connectivity index (χ4v) is 4.39. The molecule has 0 unspecified atom stereocenters. The second-order valence-electron chi connectivity index (χ2n) is 5.92. The number of thioether (sulfide) groups is 1. The van der Waals surface area contributed by atoms with E-state index < -0.39 is 0 Å². The number of likely N-dealkylation sites (N-methyl/N-ethyl adjacent to an activating group) is 1. The van der Waals surface area contributed by atoms with Crippen molar-refractivity contribution in [2.75, 3.05) is 13.7 Å². The number of thiocarbonyl (C=S) groups is 1. The van der Waals surface area contributed by atoms with Gasteiger partial charge in [0.1, 0.15) is 10.9 Å². The van der Waals surface area contributed by atoms with Gasteiger partial charge in [0.25, 0.3) is 5.91 Å². The Bertz CT molecular complexity index is 947. The summed E-state index contributed by atoms with van der Waals surface area (Å²) in [7, 11) is 1.67. The van der Waals surface area contributed by atoms with Gasteiger partial charge in [-0.25, -0.2) is 0 Å². The highest BCUT2D eigenvalue weighted by atomic mass is 79.9. The third-order valence-electron chi connectivity index (χ3n) is 3.91. The molecule has 4 nitrogen and oxygen atoms in total. The topological polar surface area (TPSA) is 38.8 Å². The summed E-state index contributed by atoms with van der Waals surface area (Å²) in [4.78, 5) is 14.3. The first-order chi connectivity index (χ1) is 13.4. The lowest BCUT2D eigenvalue weighted by Gasteiger charge is -2.15. The van der Waals surface area contributed by atoms with Gasteiger partial charge in [-0.15, -0.1) is 0 Å². The van der Waals surface area contributed by atoms with Crippen molar-refractivity contribution in [3.05, 3.63) is 61.9 Å². The fraction of sp³-hybridized carbons (Fsp3) is 0.200. The van der Waals surface area contributed by atoms with Crippen LogP contribution in [0.2, 0.25) is 5.02 Å². The number of rotatable bonds is 6. The highest BCUT2D eigenvalue weighted by molar-refractivity contribution is 9.10. The van der Waals surface area contributed by atoms with Crippen molar-refractivity contribution in [3.63, 3.8) is 0 Å². The van der Waals surface area contributed by atoms with Crippen LogP contribution in [0, 0.1) is 0 Å². The quantitative estimate of drug-likeness (QED) is 0.366. The van der Waals surface area contributed by atoms with Gasteiger partial charge in [-0.2, -0.15) is 0 Å². The number of benzene rings is 2. The lowest BCUT2D eigenvalue weighted by Crippen LogP contribution is -2.22. The molecule has 0 bridgehead atoms. The average Bonchev–Trinajstić information content (AvgIpc) is 2.89. The molecule has 0 aliphatic carbocycles. The highest BCUT2D eigenvalue weighted by Crippen LogP contribution is 2.39. The number of hydrogen-bond donors (Lipinski definition) is 0. The molecule has 1 saturated heterocycles. The molecule has 146 valence electrons. The van der Waals surface area contributed by atoms with Gasteiger partial charge in [-0.05, 0) is 64.3 Å². The molecule has 0 spiro atoms. The number of carbonyl (C=O) groups is 1. The Morgan fingerprint density at radius 2 is 1.96 bits per heavy atom. The number of nitrogens with zero attached hydrogens (tertiary/aromatic N) is 1. The van der Waals surface area contributed by atoms with Gasteiger partial charge in [0.15, 0.2) is 11.5 Å². The van der Waals surface area contributed by atoms with Crippen LogP contribution in [0.4, 0.5) is 0 Å². The van der Waals surface area contributed by atoms with Gasteiger partial charge in [0.2, 0.25) is 0 Å². The number of ether oxygens (including phenoxy) is 2. The van der Waals surface area contributed by atoms with Gasteiger partial charge in [-0.3, -0.25) is 9.69 Å². The summed E-state index contributed by atoms with van der Waals surface area (Å²) >= 11 is 15.9. The Morgan fingerprint density at radius 3 is 2.57 bits per heavy atom. The van der Waals surface area contributed by atoms with E-state index in [1.807, 2.05) is 43.3 Å². The van der Waals surface area contributed by atoms with E-state index in [-0.39, 0.29) is 5.91 Å². The van der Waals surface area contributed by atoms with Crippen molar-refractivity contribution in [3.8, 4) is 11.5 Å². The molecular formula is C20H17BrClNO3S2. The van der Waals surface area contributed by atoms with Crippen molar-refractivity contribution >= 4 is 67.8 Å². The van der Waals surface area contributed by atoms with Gasteiger partial charge >= 0.3 is 0 Å². The van der Waals surface area contributed by atoms with Gasteiger partial charge in [0, 0.05) is 12.1 Å². The van der Waals surface area contributed by atoms with E-state index in [4.69, 9.17) is 33.3 Å². The zero-order valence-corrected chi connectivity index (χ0v) is 19.2. The lowest BCUT2D eigenvalue weighted by molar-refractivity contribution is -0.121. The summed E-state index contributed by atoms with van der Waals surface area (Å²) in [6, 6.07) is 11.2. The molecule has 1 amide bonds. The van der Waals surface area contributed by atoms with Crippen LogP contribution < -0.4 is 9.47 Å². The average molecular weight is 499 g/mol. The summed E-state index contributed by atoms with van der Waals surface area (Å²) in [5.41, 5.74) is 1.82. The first-order valence-corrected chi connectivity index (χ1v) is 10.8. The second-order valence-corrected chi connectivity index (χ2v) is 8.89. The number of amides is 1. The molecule has 0 atom stereocenters. The normalized spacial score (nSPS) is 15.4. The third kappa shape index (κ3) is 4.89. The minimum atomic E-state index is -0.104. The molecule has 1 aliphatic rings. The monoisotopic (exact) mass is 497 g/mol. The zero-order valence-electron chi connectivity index (χ0n) is 15.2. The Hall–Kier alpha value is -1.54. The van der Waals surface area contributed by atoms with E-state index in [9.17, 15) is 4.79 Å². The molecule has 1 fully saturated rings. The highest BCUT2D eigenvalue weighted by Gasteiger charge is 2.28. The summed E-state index contributed by atoms with van der Waals surface area (Å²) in [5, 5.41) is 0.682. The molecule has 1 aliphatic heterocycles. The summed E-state index contributed by atoms with van der Waals surface area (Å²) in [5.74, 6) is 1.10. The van der Waals surface area contributed by atoms with Gasteiger partial charge in [-0.1, -0.05) is 47.7 Å². The number of hydrogen-bond acceptors (Lipinski definition) is 5. The Balaban J connectivity index is 1.86. The van der Waals surface area contributed by atoms with E-state index >= 15 is 0 Å². The molecule has 0 aromatic heterocycles. The number of halogens is 2. The summed E-state index contributed by atoms with van der Waals surface area (Å²) < 4.78 is 13.0. The molecule has 0 radical (unpaired) electrons. The second kappa shape index (κ2) is 9.31. The van der Waals surface area contributed by atoms with Crippen LogP contribution in [0.3, 0.4) is 0 Å². The Morgan fingerprint density at radius 1 is 1.25 bits per heavy atom. The maximum Gasteiger partial charge on any atom is 0.265 e. The molecule has 3 rings (SSSR count). The van der Waals surface area contributed by atoms with E-state index in [0.717, 1.165) is 15.6 Å². The molecule has 0 N–H and O–H groups in total. The smallest absolute Gasteiger partial charge is 0.265 e. The maximum absolute atomic E-state index is 12.2. The van der Waals surface area contributed by atoms with Crippen molar-refractivity contribution in [1.29, 1.82) is 0 Å². The molecular weight excluding hydrogens is 482 g/mol. The van der Waals surface area contributed by atoms with Gasteiger partial charge < -0.3 is 9.47 Å². The van der Waals surface area contributed by atoms with E-state index in [0.29, 0.717) is 39.0 Å². The maximum atomic E-state index is 12.2. The molecule has 28 heavy (non-hydrogen) atoms. The van der Waals surface area contributed by atoms with Crippen LogP contribution in [0.5, 0.6) is 11.5 Å². The molecule has 2 aromatic rings. The third-order valence-corrected chi connectivity index (χ3v) is 6.24. The Labute approximate surface area is 187 Å². The fourth-order valence-electron chi connectivity index (χ4n) is 2.51. The van der Waals surface area contributed by atoms with Crippen molar-refractivity contribution in [2.45, 2.75) is 13.5 Å². The number of carbonyl (C=O) groups excluding carboxylic acids is 1. The Kier molecular flexibility index (Phi) is 7.04. The predicted octanol–water partition coefficient (Wildman–Crippen LogP) is 5.91. The van der Waals surface area contributed by atoms with E-state index in [1.165, 1.54) is 16.7 Å². The first-order valence-electron chi connectivity index (χ1n) is 8.44. The van der Waals surface area contributed by atoms with Crippen LogP contribution in [0.25, 0.3) is 6.08 Å².